The van der Waals surface area contributed by atoms with Crippen molar-refractivity contribution >= 4 is 132 Å². The normalized spacial score (nSPS) is 13.7. The molecule has 0 bridgehead atoms. The number of hydrogen-bond acceptors (Lipinski definition) is 21. The first-order valence-corrected chi connectivity index (χ1v) is 41.2. The van der Waals surface area contributed by atoms with Crippen molar-refractivity contribution in [3.63, 3.8) is 0 Å². The molecule has 3 aromatic carbocycles. The summed E-state index contributed by atoms with van der Waals surface area (Å²) in [5.41, 5.74) is 11.6. The highest BCUT2D eigenvalue weighted by atomic mass is 35.5. The van der Waals surface area contributed by atoms with Crippen LogP contribution < -0.4 is 49.0 Å². The lowest BCUT2D eigenvalue weighted by Gasteiger charge is -2.35. The number of nitrogen functional groups attached to an aromatic ring is 3. The Balaban J connectivity index is 0.000000165. The van der Waals surface area contributed by atoms with E-state index in [1.807, 2.05) is 41.5 Å². The molecule has 15 rings (SSSR count). The molecule has 3 saturated heterocycles. The van der Waals surface area contributed by atoms with Crippen LogP contribution >= 0.6 is 46.4 Å². The van der Waals surface area contributed by atoms with Crippen LogP contribution in [-0.2, 0) is 14.4 Å². The number of nitrogens with zero attached hydrogens (tertiary/aromatic N) is 18. The Hall–Kier alpha value is -13.2. The van der Waals surface area contributed by atoms with Crippen molar-refractivity contribution in [1.29, 1.82) is 0 Å². The zero-order chi connectivity index (χ0) is 94.0. The minimum absolute atomic E-state index is 0.0514. The second-order valence-electron chi connectivity index (χ2n) is 31.0. The fraction of sp³-hybridized carbons (Fsp3) is 0.276. The van der Waals surface area contributed by atoms with E-state index in [0.29, 0.717) is 63.9 Å². The highest BCUT2D eigenvalue weighted by Crippen LogP contribution is 2.46. The molecule has 3 fully saturated rings. The van der Waals surface area contributed by atoms with Crippen LogP contribution in [0.25, 0.3) is 83.9 Å². The summed E-state index contributed by atoms with van der Waals surface area (Å²) in [6, 6.07) is 8.08. The van der Waals surface area contributed by atoms with E-state index in [1.54, 1.807) is 87.0 Å². The van der Waals surface area contributed by atoms with E-state index in [2.05, 4.69) is 64.6 Å². The molecule has 129 heavy (non-hydrogen) atoms. The fourth-order valence-electron chi connectivity index (χ4n) is 15.4. The van der Waals surface area contributed by atoms with Crippen LogP contribution in [0.15, 0.2) is 107 Å². The Kier molecular flexibility index (Phi) is 27.0. The molecule has 3 aliphatic heterocycles. The lowest BCUT2D eigenvalue weighted by Crippen LogP contribution is -2.49. The molecule has 12 aromatic rings. The minimum Gasteiger partial charge on any atom is -0.397 e. The molecule has 0 atom stereocenters. The van der Waals surface area contributed by atoms with E-state index in [1.165, 1.54) is 22.8 Å². The molecule has 0 aliphatic carbocycles. The summed E-state index contributed by atoms with van der Waals surface area (Å²) in [5, 5.41) is -3.11. The van der Waals surface area contributed by atoms with E-state index in [0.717, 1.165) is 27.3 Å². The number of amides is 3. The lowest BCUT2D eigenvalue weighted by molar-refractivity contribution is -0.127. The summed E-state index contributed by atoms with van der Waals surface area (Å²) in [6.45, 7) is 30.3. The number of pyridine rings is 6. The van der Waals surface area contributed by atoms with E-state index in [9.17, 15) is 55.1 Å². The van der Waals surface area contributed by atoms with Crippen LogP contribution in [0.1, 0.15) is 93.1 Å². The monoisotopic (exact) mass is 1860 g/mol. The molecule has 0 spiro atoms. The van der Waals surface area contributed by atoms with Gasteiger partial charge in [-0.3, -0.25) is 29.3 Å². The average Bonchev–Trinajstić information content (AvgIpc) is 0.738. The van der Waals surface area contributed by atoms with Crippen molar-refractivity contribution in [3.05, 3.63) is 242 Å². The zero-order valence-electron chi connectivity index (χ0n) is 70.2. The molecule has 6 N–H and O–H groups in total. The Bertz CT molecular complexity index is 6170. The standard InChI is InChI=1S/C29H26Cl2F3N7O2.2C29H26ClF4N7O2/c1-5-17(42)39-8-10-40(11-9-39)27-15-12-16(32)25(18-19(30)21(33)22(34)23(35)20(18)31)37-28(15)41(29(43)38-27)26-14(4)6-7-36-24(26)13(2)3;1-5-17(42)39-8-10-40(11-9-39)27-15-12-16(31)25(18-20(32)22(34)21(33)19(30)23(18)35)37-28(15)41(29(43)38-27)26-14(4)6-7-36-24(26)13(2)3;1-5-17(42)39-8-10-40(11-9-39)27-15-12-16(31)25(18-19(30)21(33)22(34)23(35)20(18)32)37-28(15)41(29(43)38-27)26-14(4)6-7-36-24(26)13(2)3/h3*5-7,12-13H,1,8-11,35H2,2-4H3. The molecule has 27 nitrogen and oxygen atoms in total. The smallest absolute Gasteiger partial charge is 0.355 e. The molecule has 0 unspecified atom stereocenters. The summed E-state index contributed by atoms with van der Waals surface area (Å²) in [4.78, 5) is 127. The van der Waals surface area contributed by atoms with Crippen LogP contribution in [0.4, 0.5) is 82.8 Å². The number of piperazine rings is 3. The number of carbonyl (C=O) groups is 3. The molecule has 672 valence electrons. The summed E-state index contributed by atoms with van der Waals surface area (Å²) in [5.74, 6) is -17.7. The average molecular weight is 1860 g/mol. The highest BCUT2D eigenvalue weighted by molar-refractivity contribution is 6.41. The quantitative estimate of drug-likeness (QED) is 0.0282. The number of rotatable bonds is 15. The predicted molar refractivity (Wildman–Crippen MR) is 471 cm³/mol. The van der Waals surface area contributed by atoms with Crippen LogP contribution in [0.3, 0.4) is 0 Å². The lowest BCUT2D eigenvalue weighted by atomic mass is 10.0. The molecule has 42 heteroatoms. The second-order valence-corrected chi connectivity index (χ2v) is 32.5. The van der Waals surface area contributed by atoms with Gasteiger partial charge in [-0.05, 0) is 110 Å². The molecule has 3 amide bonds. The zero-order valence-corrected chi connectivity index (χ0v) is 73.2. The third-order valence-electron chi connectivity index (χ3n) is 22.0. The topological polar surface area (TPSA) is 331 Å². The number of nitrogens with two attached hydrogens (primary N) is 3. The van der Waals surface area contributed by atoms with Crippen LogP contribution in [-0.4, -0.2) is 170 Å². The molecule has 0 radical (unpaired) electrons. The van der Waals surface area contributed by atoms with Gasteiger partial charge in [-0.2, -0.15) is 15.0 Å². The summed E-state index contributed by atoms with van der Waals surface area (Å²) in [6.07, 6.45) is 8.37. The number of aromatic nitrogens is 12. The van der Waals surface area contributed by atoms with Crippen LogP contribution in [0.5, 0.6) is 0 Å². The molecule has 9 aromatic heterocycles. The number of carbonyl (C=O) groups excluding carboxylic acids is 3. The van der Waals surface area contributed by atoms with Crippen molar-refractivity contribution in [1.82, 2.24) is 73.3 Å². The van der Waals surface area contributed by atoms with Gasteiger partial charge < -0.3 is 46.6 Å². The molecule has 0 saturated carbocycles. The van der Waals surface area contributed by atoms with Crippen molar-refractivity contribution in [3.8, 4) is 50.8 Å². The highest BCUT2D eigenvalue weighted by Gasteiger charge is 2.37. The number of halogens is 15. The van der Waals surface area contributed by atoms with E-state index >= 15 is 22.0 Å². The van der Waals surface area contributed by atoms with Gasteiger partial charge in [0.2, 0.25) is 17.7 Å². The number of benzene rings is 3. The first-order chi connectivity index (χ1) is 61.1. The predicted octanol–water partition coefficient (Wildman–Crippen LogP) is 15.2. The van der Waals surface area contributed by atoms with Gasteiger partial charge in [0.25, 0.3) is 0 Å². The van der Waals surface area contributed by atoms with E-state index in [4.69, 9.17) is 63.6 Å². The third-order valence-corrected chi connectivity index (χ3v) is 23.5. The molecule has 3 aliphatic rings. The summed E-state index contributed by atoms with van der Waals surface area (Å²) >= 11 is 24.1. The van der Waals surface area contributed by atoms with Gasteiger partial charge in [-0.1, -0.05) is 108 Å². The van der Waals surface area contributed by atoms with Crippen LogP contribution in [0.2, 0.25) is 20.1 Å². The molecular weight excluding hydrogens is 1790 g/mol. The Morgan fingerprint density at radius 3 is 0.961 bits per heavy atom. The van der Waals surface area contributed by atoms with Gasteiger partial charge in [0.15, 0.2) is 75.1 Å². The van der Waals surface area contributed by atoms with Gasteiger partial charge >= 0.3 is 17.1 Å². The number of aryl methyl sites for hydroxylation is 3. The Morgan fingerprint density at radius 2 is 0.651 bits per heavy atom. The summed E-state index contributed by atoms with van der Waals surface area (Å²) < 4.78 is 168. The number of fused-ring (bicyclic) bond motifs is 3. The van der Waals surface area contributed by atoms with Gasteiger partial charge in [-0.25, -0.2) is 91.3 Å². The summed E-state index contributed by atoms with van der Waals surface area (Å²) in [7, 11) is 0. The molecular formula is C87H78Cl4F11N21O6. The van der Waals surface area contributed by atoms with Crippen molar-refractivity contribution in [2.24, 2.45) is 0 Å². The van der Waals surface area contributed by atoms with E-state index in [-0.39, 0.29) is 151 Å². The van der Waals surface area contributed by atoms with Gasteiger partial charge in [0.1, 0.15) is 51.1 Å². The van der Waals surface area contributed by atoms with E-state index < -0.39 is 152 Å². The SMILES string of the molecule is C=CC(=O)N1CCN(c2nc(=O)n(-c3c(C)ccnc3C(C)C)c3nc(-c4c(Cl)c(N)c(F)c(F)c4Cl)c(F)cc23)CC1.C=CC(=O)N1CCN(c2nc(=O)n(-c3c(C)ccnc3C(C)C)c3nc(-c4c(F)c(N)c(F)c(F)c4Cl)c(F)cc23)CC1.C=CC(=O)N1CCN(c2nc(=O)n(-c3c(C)ccnc3C(C)C)c3nc(-c4c(N)c(Cl)c(F)c(F)c4F)c(F)cc23)CC1. The van der Waals surface area contributed by atoms with Crippen molar-refractivity contribution in [2.45, 2.75) is 80.1 Å². The third kappa shape index (κ3) is 17.0. The minimum atomic E-state index is -1.96. The van der Waals surface area contributed by atoms with Gasteiger partial charge in [-0.15, -0.1) is 0 Å². The number of anilines is 6. The van der Waals surface area contributed by atoms with Crippen LogP contribution in [0, 0.1) is 84.8 Å². The maximum absolute atomic E-state index is 16.0. The fourth-order valence-corrected chi connectivity index (χ4v) is 16.4. The Morgan fingerprint density at radius 1 is 0.364 bits per heavy atom. The van der Waals surface area contributed by atoms with Gasteiger partial charge in [0, 0.05) is 103 Å². The molecule has 12 heterocycles. The maximum atomic E-state index is 16.0. The first-order valence-electron chi connectivity index (χ1n) is 39.7. The maximum Gasteiger partial charge on any atom is 0.355 e. The Labute approximate surface area is 747 Å². The van der Waals surface area contributed by atoms with Crippen molar-refractivity contribution in [2.75, 3.05) is 110 Å². The van der Waals surface area contributed by atoms with Gasteiger partial charge in [0.05, 0.1) is 87.9 Å². The number of hydrogen-bond donors (Lipinski definition) is 3. The first kappa shape index (κ1) is 93.4. The largest absolute Gasteiger partial charge is 0.397 e. The second kappa shape index (κ2) is 37.2. The van der Waals surface area contributed by atoms with Crippen molar-refractivity contribution < 1.29 is 62.7 Å².